The average molecular weight is 191 g/mol. The molecule has 0 amide bonds. The van der Waals surface area contributed by atoms with E-state index in [1.807, 2.05) is 19.9 Å². The standard InChI is InChI=1S/C9H9N3O2/c1-5-3-6(2)11-12-7(9(13)14)4-10-8(5)12/h3-4H,1-2H3,(H,13,14). The number of imidazole rings is 1. The number of rotatable bonds is 1. The van der Waals surface area contributed by atoms with Crippen LogP contribution < -0.4 is 0 Å². The predicted molar refractivity (Wildman–Crippen MR) is 49.4 cm³/mol. The largest absolute Gasteiger partial charge is 0.476 e. The number of carbonyl (C=O) groups is 1. The summed E-state index contributed by atoms with van der Waals surface area (Å²) < 4.78 is 1.35. The van der Waals surface area contributed by atoms with Crippen LogP contribution in [0.15, 0.2) is 12.3 Å². The lowest BCUT2D eigenvalue weighted by molar-refractivity contribution is 0.0688. The molecule has 0 aromatic carbocycles. The molecule has 0 radical (unpaired) electrons. The summed E-state index contributed by atoms with van der Waals surface area (Å²) in [7, 11) is 0. The van der Waals surface area contributed by atoms with Crippen LogP contribution in [0.2, 0.25) is 0 Å². The van der Waals surface area contributed by atoms with Gasteiger partial charge in [-0.25, -0.2) is 14.3 Å². The molecule has 2 heterocycles. The van der Waals surface area contributed by atoms with E-state index >= 15 is 0 Å². The van der Waals surface area contributed by atoms with E-state index in [9.17, 15) is 4.79 Å². The first-order valence-electron chi connectivity index (χ1n) is 4.15. The van der Waals surface area contributed by atoms with Crippen molar-refractivity contribution in [1.29, 1.82) is 0 Å². The Bertz CT molecular complexity index is 516. The second-order valence-electron chi connectivity index (χ2n) is 3.15. The molecule has 2 aromatic heterocycles. The van der Waals surface area contributed by atoms with Gasteiger partial charge in [0, 0.05) is 0 Å². The van der Waals surface area contributed by atoms with Crippen LogP contribution >= 0.6 is 0 Å². The van der Waals surface area contributed by atoms with Crippen molar-refractivity contribution in [1.82, 2.24) is 14.6 Å². The van der Waals surface area contributed by atoms with Gasteiger partial charge in [0.05, 0.1) is 11.9 Å². The number of aryl methyl sites for hydroxylation is 2. The van der Waals surface area contributed by atoms with Gasteiger partial charge in [-0.2, -0.15) is 5.10 Å². The van der Waals surface area contributed by atoms with Crippen molar-refractivity contribution >= 4 is 11.6 Å². The van der Waals surface area contributed by atoms with Gasteiger partial charge in [-0.3, -0.25) is 0 Å². The van der Waals surface area contributed by atoms with E-state index in [0.717, 1.165) is 11.3 Å². The minimum Gasteiger partial charge on any atom is -0.476 e. The Morgan fingerprint density at radius 1 is 1.50 bits per heavy atom. The smallest absolute Gasteiger partial charge is 0.356 e. The summed E-state index contributed by atoms with van der Waals surface area (Å²) in [4.78, 5) is 14.8. The summed E-state index contributed by atoms with van der Waals surface area (Å²) in [5.74, 6) is -1.02. The number of aromatic nitrogens is 3. The molecule has 0 aliphatic carbocycles. The fraction of sp³-hybridized carbons (Fsp3) is 0.222. The Labute approximate surface area is 80.0 Å². The zero-order chi connectivity index (χ0) is 10.3. The van der Waals surface area contributed by atoms with Crippen molar-refractivity contribution in [2.24, 2.45) is 0 Å². The van der Waals surface area contributed by atoms with Gasteiger partial charge >= 0.3 is 5.97 Å². The number of hydrogen-bond acceptors (Lipinski definition) is 3. The molecule has 5 nitrogen and oxygen atoms in total. The van der Waals surface area contributed by atoms with Gasteiger partial charge < -0.3 is 5.11 Å². The second-order valence-corrected chi connectivity index (χ2v) is 3.15. The van der Waals surface area contributed by atoms with Gasteiger partial charge in [0.2, 0.25) is 0 Å². The van der Waals surface area contributed by atoms with Crippen LogP contribution in [0.1, 0.15) is 21.7 Å². The maximum absolute atomic E-state index is 10.8. The van der Waals surface area contributed by atoms with Gasteiger partial charge in [0.15, 0.2) is 11.3 Å². The molecule has 5 heteroatoms. The molecule has 14 heavy (non-hydrogen) atoms. The Morgan fingerprint density at radius 2 is 2.21 bits per heavy atom. The molecule has 72 valence electrons. The van der Waals surface area contributed by atoms with Gasteiger partial charge in [0.1, 0.15) is 0 Å². The highest BCUT2D eigenvalue weighted by atomic mass is 16.4. The topological polar surface area (TPSA) is 67.5 Å². The van der Waals surface area contributed by atoms with Crippen molar-refractivity contribution in [2.75, 3.05) is 0 Å². The first kappa shape index (κ1) is 8.68. The minimum absolute atomic E-state index is 0.0896. The molecule has 2 aromatic rings. The molecule has 0 atom stereocenters. The molecule has 0 unspecified atom stereocenters. The third-order valence-electron chi connectivity index (χ3n) is 1.99. The van der Waals surface area contributed by atoms with Crippen molar-refractivity contribution in [3.8, 4) is 0 Å². The van der Waals surface area contributed by atoms with E-state index in [1.54, 1.807) is 0 Å². The zero-order valence-corrected chi connectivity index (χ0v) is 7.85. The Hall–Kier alpha value is -1.91. The molecule has 0 spiro atoms. The SMILES string of the molecule is Cc1cc(C)c2ncc(C(=O)O)n2n1. The third kappa shape index (κ3) is 1.14. The van der Waals surface area contributed by atoms with Crippen LogP contribution in [-0.4, -0.2) is 25.7 Å². The average Bonchev–Trinajstić information content (AvgIpc) is 2.47. The van der Waals surface area contributed by atoms with E-state index in [0.29, 0.717) is 5.65 Å². The molecular weight excluding hydrogens is 182 g/mol. The molecule has 0 fully saturated rings. The number of nitrogens with zero attached hydrogens (tertiary/aromatic N) is 3. The third-order valence-corrected chi connectivity index (χ3v) is 1.99. The van der Waals surface area contributed by atoms with E-state index < -0.39 is 5.97 Å². The highest BCUT2D eigenvalue weighted by Gasteiger charge is 2.12. The van der Waals surface area contributed by atoms with Gasteiger partial charge in [-0.1, -0.05) is 0 Å². The lowest BCUT2D eigenvalue weighted by atomic mass is 10.3. The van der Waals surface area contributed by atoms with Crippen molar-refractivity contribution < 1.29 is 9.90 Å². The maximum Gasteiger partial charge on any atom is 0.356 e. The molecule has 0 bridgehead atoms. The van der Waals surface area contributed by atoms with E-state index in [4.69, 9.17) is 5.11 Å². The first-order chi connectivity index (χ1) is 6.59. The number of carboxylic acid groups (broad SMARTS) is 1. The summed E-state index contributed by atoms with van der Waals surface area (Å²) in [6, 6.07) is 1.87. The van der Waals surface area contributed by atoms with E-state index in [1.165, 1.54) is 10.7 Å². The van der Waals surface area contributed by atoms with Gasteiger partial charge in [-0.05, 0) is 25.5 Å². The van der Waals surface area contributed by atoms with Crippen LogP contribution in [0, 0.1) is 13.8 Å². The highest BCUT2D eigenvalue weighted by Crippen LogP contribution is 2.10. The molecule has 0 saturated heterocycles. The normalized spacial score (nSPS) is 10.7. The number of hydrogen-bond donors (Lipinski definition) is 1. The quantitative estimate of drug-likeness (QED) is 0.731. The Morgan fingerprint density at radius 3 is 2.86 bits per heavy atom. The lowest BCUT2D eigenvalue weighted by Gasteiger charge is -2.00. The number of carboxylic acids is 1. The minimum atomic E-state index is -1.02. The van der Waals surface area contributed by atoms with Crippen molar-refractivity contribution in [2.45, 2.75) is 13.8 Å². The van der Waals surface area contributed by atoms with Crippen molar-refractivity contribution in [3.05, 3.63) is 29.2 Å². The van der Waals surface area contributed by atoms with Gasteiger partial charge in [0.25, 0.3) is 0 Å². The Kier molecular flexibility index (Phi) is 1.73. The molecule has 0 aliphatic rings. The van der Waals surface area contributed by atoms with Crippen LogP contribution in [0.25, 0.3) is 5.65 Å². The second kappa shape index (κ2) is 2.80. The van der Waals surface area contributed by atoms with E-state index in [2.05, 4.69) is 10.1 Å². The van der Waals surface area contributed by atoms with E-state index in [-0.39, 0.29) is 5.69 Å². The molecule has 0 saturated carbocycles. The van der Waals surface area contributed by atoms with Crippen LogP contribution in [0.5, 0.6) is 0 Å². The summed E-state index contributed by atoms with van der Waals surface area (Å²) >= 11 is 0. The van der Waals surface area contributed by atoms with Crippen molar-refractivity contribution in [3.63, 3.8) is 0 Å². The van der Waals surface area contributed by atoms with Crippen LogP contribution in [0.4, 0.5) is 0 Å². The van der Waals surface area contributed by atoms with Crippen LogP contribution in [-0.2, 0) is 0 Å². The summed E-state index contributed by atoms with van der Waals surface area (Å²) in [5.41, 5.74) is 2.38. The summed E-state index contributed by atoms with van der Waals surface area (Å²) in [6.45, 7) is 3.70. The fourth-order valence-corrected chi connectivity index (χ4v) is 1.43. The van der Waals surface area contributed by atoms with Crippen LogP contribution in [0.3, 0.4) is 0 Å². The molecule has 2 rings (SSSR count). The fourth-order valence-electron chi connectivity index (χ4n) is 1.43. The summed E-state index contributed by atoms with van der Waals surface area (Å²) in [6.07, 6.45) is 1.32. The zero-order valence-electron chi connectivity index (χ0n) is 7.85. The summed E-state index contributed by atoms with van der Waals surface area (Å²) in [5, 5.41) is 12.9. The van der Waals surface area contributed by atoms with Gasteiger partial charge in [-0.15, -0.1) is 0 Å². The molecule has 0 aliphatic heterocycles. The first-order valence-corrected chi connectivity index (χ1v) is 4.15. The maximum atomic E-state index is 10.8. The predicted octanol–water partition coefficient (Wildman–Crippen LogP) is 1.04. The number of fused-ring (bicyclic) bond motifs is 1. The monoisotopic (exact) mass is 191 g/mol. The number of aromatic carboxylic acids is 1. The Balaban J connectivity index is 2.85. The lowest BCUT2D eigenvalue weighted by Crippen LogP contribution is -2.06. The highest BCUT2D eigenvalue weighted by molar-refractivity contribution is 5.86. The molecule has 1 N–H and O–H groups in total. The molecular formula is C9H9N3O2.